The minimum absolute atomic E-state index is 0.00436. The van der Waals surface area contributed by atoms with E-state index in [4.69, 9.17) is 25.5 Å². The molecule has 0 aliphatic carbocycles. The normalized spacial score (nSPS) is 21.8. The van der Waals surface area contributed by atoms with Crippen LogP contribution in [0.5, 0.6) is 0 Å². The van der Waals surface area contributed by atoms with Gasteiger partial charge in [0.2, 0.25) is 0 Å². The third-order valence-corrected chi connectivity index (χ3v) is 1.96. The van der Waals surface area contributed by atoms with Crippen molar-refractivity contribution >= 4 is 23.9 Å². The molecule has 14 heavy (non-hydrogen) atoms. The van der Waals surface area contributed by atoms with Crippen LogP contribution in [0, 0.1) is 0 Å². The molecule has 0 rings (SSSR count). The third-order valence-electron chi connectivity index (χ3n) is 1.68. The molecule has 7 heteroatoms. The van der Waals surface area contributed by atoms with Crippen molar-refractivity contribution < 1.29 is 30.3 Å². The van der Waals surface area contributed by atoms with Crippen molar-refractivity contribution in [2.24, 2.45) is 0 Å². The molecule has 6 nitrogen and oxygen atoms in total. The minimum atomic E-state index is -1.87. The first-order valence-electron chi connectivity index (χ1n) is 3.76. The molecule has 0 aliphatic rings. The van der Waals surface area contributed by atoms with Crippen LogP contribution in [0.25, 0.3) is 0 Å². The second-order valence-electron chi connectivity index (χ2n) is 2.73. The van der Waals surface area contributed by atoms with Gasteiger partial charge in [0.05, 0.1) is 0 Å². The quantitative estimate of drug-likeness (QED) is 0.241. The second-order valence-corrected chi connectivity index (χ2v) is 3.00. The average Bonchev–Trinajstić information content (AvgIpc) is 2.23. The molecule has 0 heterocycles. The Morgan fingerprint density at radius 2 is 1.29 bits per heavy atom. The number of thiocarbonyl (C=S) groups is 1. The summed E-state index contributed by atoms with van der Waals surface area (Å²) in [6, 6.07) is 0. The molecule has 5 atom stereocenters. The standard InChI is InChI=1S/C7H12O6S/c8-1-3(9)5(11)7(13)6(12)4(10)2-14/h1-7,9-13H/t3-,4?,5+,6+,7+/m0/s1. The highest BCUT2D eigenvalue weighted by molar-refractivity contribution is 7.79. The zero-order valence-corrected chi connectivity index (χ0v) is 7.91. The van der Waals surface area contributed by atoms with Gasteiger partial charge in [0.1, 0.15) is 30.5 Å². The van der Waals surface area contributed by atoms with Crippen LogP contribution in [0.4, 0.5) is 0 Å². The van der Waals surface area contributed by atoms with Gasteiger partial charge in [0.25, 0.3) is 0 Å². The van der Waals surface area contributed by atoms with E-state index in [0.29, 0.717) is 0 Å². The van der Waals surface area contributed by atoms with Gasteiger partial charge >= 0.3 is 0 Å². The molecule has 0 radical (unpaired) electrons. The van der Waals surface area contributed by atoms with E-state index in [9.17, 15) is 4.79 Å². The molecule has 5 N–H and O–H groups in total. The monoisotopic (exact) mass is 224 g/mol. The Morgan fingerprint density at radius 1 is 0.857 bits per heavy atom. The first kappa shape index (κ1) is 13.6. The predicted octanol–water partition coefficient (Wildman–Crippen LogP) is -3.01. The third kappa shape index (κ3) is 3.37. The van der Waals surface area contributed by atoms with Crippen molar-refractivity contribution in [2.45, 2.75) is 30.5 Å². The van der Waals surface area contributed by atoms with Crippen LogP contribution in [0.1, 0.15) is 0 Å². The fraction of sp³-hybridized carbons (Fsp3) is 0.714. The molecule has 0 aliphatic heterocycles. The lowest BCUT2D eigenvalue weighted by Gasteiger charge is -2.25. The van der Waals surface area contributed by atoms with E-state index in [-0.39, 0.29) is 6.29 Å². The van der Waals surface area contributed by atoms with Crippen LogP contribution in [0.3, 0.4) is 0 Å². The van der Waals surface area contributed by atoms with Gasteiger partial charge in [0.15, 0.2) is 6.29 Å². The molecule has 1 unspecified atom stereocenters. The average molecular weight is 224 g/mol. The molecule has 82 valence electrons. The van der Waals surface area contributed by atoms with Crippen molar-refractivity contribution in [1.29, 1.82) is 0 Å². The van der Waals surface area contributed by atoms with Crippen molar-refractivity contribution in [3.05, 3.63) is 0 Å². The van der Waals surface area contributed by atoms with Crippen LogP contribution < -0.4 is 0 Å². The Morgan fingerprint density at radius 3 is 1.64 bits per heavy atom. The van der Waals surface area contributed by atoms with Crippen molar-refractivity contribution in [2.75, 3.05) is 0 Å². The van der Waals surface area contributed by atoms with Gasteiger partial charge in [-0.05, 0) is 0 Å². The summed E-state index contributed by atoms with van der Waals surface area (Å²) in [5.41, 5.74) is 0. The first-order valence-corrected chi connectivity index (χ1v) is 4.23. The lowest BCUT2D eigenvalue weighted by atomic mass is 10.0. The number of rotatable bonds is 6. The summed E-state index contributed by atoms with van der Waals surface area (Å²) >= 11 is 4.29. The molecule has 0 saturated carbocycles. The fourth-order valence-corrected chi connectivity index (χ4v) is 0.928. The van der Waals surface area contributed by atoms with Gasteiger partial charge < -0.3 is 30.3 Å². The number of aliphatic hydroxyl groups excluding tert-OH is 5. The summed E-state index contributed by atoms with van der Waals surface area (Å²) < 4.78 is 0. The summed E-state index contributed by atoms with van der Waals surface area (Å²) in [4.78, 5) is 10.0. The molecule has 0 spiro atoms. The van der Waals surface area contributed by atoms with Crippen LogP contribution in [0.15, 0.2) is 0 Å². The Labute approximate surface area is 85.4 Å². The lowest BCUT2D eigenvalue weighted by molar-refractivity contribution is -0.139. The molecule has 0 bridgehead atoms. The molecule has 0 saturated heterocycles. The van der Waals surface area contributed by atoms with E-state index in [1.807, 2.05) is 0 Å². The zero-order chi connectivity index (χ0) is 11.3. The molecule has 0 fully saturated rings. The highest BCUT2D eigenvalue weighted by Crippen LogP contribution is 2.06. The van der Waals surface area contributed by atoms with E-state index in [0.717, 1.165) is 5.37 Å². The SMILES string of the molecule is O=C[C@H](O)[C@@H](O)[C@@H](O)[C@H](O)C(O)C=S. The molecular formula is C7H12O6S. The second kappa shape index (κ2) is 6.12. The summed E-state index contributed by atoms with van der Waals surface area (Å²) in [5, 5.41) is 45.8. The van der Waals surface area contributed by atoms with Crippen LogP contribution in [-0.4, -0.2) is 67.7 Å². The highest BCUT2D eigenvalue weighted by Gasteiger charge is 2.33. The Balaban J connectivity index is 4.36. The highest BCUT2D eigenvalue weighted by atomic mass is 32.1. The minimum Gasteiger partial charge on any atom is -0.387 e. The predicted molar refractivity (Wildman–Crippen MR) is 49.8 cm³/mol. The van der Waals surface area contributed by atoms with Gasteiger partial charge in [0, 0.05) is 5.37 Å². The van der Waals surface area contributed by atoms with E-state index >= 15 is 0 Å². The summed E-state index contributed by atoms with van der Waals surface area (Å²) in [5.74, 6) is 0. The molecular weight excluding hydrogens is 212 g/mol. The summed E-state index contributed by atoms with van der Waals surface area (Å²) in [6.45, 7) is 0. The fourth-order valence-electron chi connectivity index (χ4n) is 0.767. The smallest absolute Gasteiger partial charge is 0.151 e. The Bertz CT molecular complexity index is 179. The number of hydrogen-bond acceptors (Lipinski definition) is 7. The maximum absolute atomic E-state index is 10.0. The van der Waals surface area contributed by atoms with Crippen molar-refractivity contribution in [1.82, 2.24) is 0 Å². The molecule has 0 amide bonds. The Hall–Kier alpha value is -0.440. The number of carbonyl (C=O) groups excluding carboxylic acids is 1. The molecule has 0 aromatic carbocycles. The van der Waals surface area contributed by atoms with Gasteiger partial charge in [-0.3, -0.25) is 0 Å². The van der Waals surface area contributed by atoms with E-state index in [1.54, 1.807) is 0 Å². The lowest BCUT2D eigenvalue weighted by Crippen LogP contribution is -2.49. The van der Waals surface area contributed by atoms with Crippen LogP contribution in [-0.2, 0) is 4.79 Å². The number of aliphatic hydroxyl groups is 5. The maximum Gasteiger partial charge on any atom is 0.151 e. The number of aldehydes is 1. The van der Waals surface area contributed by atoms with Crippen LogP contribution >= 0.6 is 12.2 Å². The molecule has 0 aromatic heterocycles. The topological polar surface area (TPSA) is 118 Å². The maximum atomic E-state index is 10.0. The van der Waals surface area contributed by atoms with E-state index in [2.05, 4.69) is 12.2 Å². The van der Waals surface area contributed by atoms with Crippen molar-refractivity contribution in [3.8, 4) is 0 Å². The summed E-state index contributed by atoms with van der Waals surface area (Å²) in [6.07, 6.45) is -8.82. The number of carbonyl (C=O) groups is 1. The van der Waals surface area contributed by atoms with Crippen LogP contribution in [0.2, 0.25) is 0 Å². The Kier molecular flexibility index (Phi) is 5.93. The number of hydrogen-bond donors (Lipinski definition) is 5. The zero-order valence-electron chi connectivity index (χ0n) is 7.09. The molecule has 0 aromatic rings. The van der Waals surface area contributed by atoms with Gasteiger partial charge in [-0.2, -0.15) is 0 Å². The van der Waals surface area contributed by atoms with Gasteiger partial charge in [-0.15, -0.1) is 0 Å². The van der Waals surface area contributed by atoms with Gasteiger partial charge in [-0.25, -0.2) is 0 Å². The van der Waals surface area contributed by atoms with Crippen molar-refractivity contribution in [3.63, 3.8) is 0 Å². The summed E-state index contributed by atoms with van der Waals surface area (Å²) in [7, 11) is 0. The first-order chi connectivity index (χ1) is 6.45. The van der Waals surface area contributed by atoms with E-state index < -0.39 is 30.5 Å². The van der Waals surface area contributed by atoms with E-state index in [1.165, 1.54) is 0 Å². The largest absolute Gasteiger partial charge is 0.387 e. The van der Waals surface area contributed by atoms with Gasteiger partial charge in [-0.1, -0.05) is 12.2 Å².